The monoisotopic (exact) mass is 506 g/mol. The lowest BCUT2D eigenvalue weighted by atomic mass is 9.86. The van der Waals surface area contributed by atoms with E-state index in [-0.39, 0.29) is 36.4 Å². The zero-order chi connectivity index (χ0) is 25.5. The highest BCUT2D eigenvalue weighted by atomic mass is 35.5. The summed E-state index contributed by atoms with van der Waals surface area (Å²) >= 11 is 12.8. The molecule has 2 amide bonds. The van der Waals surface area contributed by atoms with Crippen LogP contribution in [0.1, 0.15) is 65.5 Å². The van der Waals surface area contributed by atoms with Gasteiger partial charge >= 0.3 is 0 Å². The molecule has 0 heterocycles. The fourth-order valence-corrected chi connectivity index (χ4v) is 4.17. The standard InChI is InChI=1S/C27H36Cl2N2O3/c1-7-18(3)30-26(33)23(8-2)31(16-19-21(28)13-11-14-22(19)29)25(32)17-34-24-15-10-9-12-20(24)27(4,5)6/h9-15,18,23H,7-8,16-17H2,1-6H3,(H,30,33). The first-order valence-corrected chi connectivity index (χ1v) is 12.5. The van der Waals surface area contributed by atoms with Crippen LogP contribution in [0.5, 0.6) is 5.75 Å². The minimum atomic E-state index is -0.685. The predicted molar refractivity (Wildman–Crippen MR) is 140 cm³/mol. The average Bonchev–Trinajstić information content (AvgIpc) is 2.78. The van der Waals surface area contributed by atoms with Gasteiger partial charge in [-0.1, -0.05) is 82.1 Å². The number of rotatable bonds is 10. The van der Waals surface area contributed by atoms with Crippen LogP contribution in [0.15, 0.2) is 42.5 Å². The van der Waals surface area contributed by atoms with Crippen molar-refractivity contribution in [2.75, 3.05) is 6.61 Å². The van der Waals surface area contributed by atoms with Gasteiger partial charge in [0, 0.05) is 28.2 Å². The van der Waals surface area contributed by atoms with Crippen molar-refractivity contribution in [2.45, 2.75) is 78.4 Å². The number of nitrogens with zero attached hydrogens (tertiary/aromatic N) is 1. The van der Waals surface area contributed by atoms with Crippen molar-refractivity contribution in [1.29, 1.82) is 0 Å². The Bertz CT molecular complexity index is 968. The minimum Gasteiger partial charge on any atom is -0.483 e. The lowest BCUT2D eigenvalue weighted by Crippen LogP contribution is -2.51. The second-order valence-corrected chi connectivity index (χ2v) is 10.3. The molecule has 2 unspecified atom stereocenters. The van der Waals surface area contributed by atoms with Crippen LogP contribution >= 0.6 is 23.2 Å². The number of ether oxygens (including phenoxy) is 1. The van der Waals surface area contributed by atoms with E-state index in [1.165, 1.54) is 4.90 Å². The molecule has 186 valence electrons. The van der Waals surface area contributed by atoms with Gasteiger partial charge in [-0.15, -0.1) is 0 Å². The van der Waals surface area contributed by atoms with Gasteiger partial charge in [-0.3, -0.25) is 9.59 Å². The summed E-state index contributed by atoms with van der Waals surface area (Å²) in [6.45, 7) is 12.0. The van der Waals surface area contributed by atoms with Crippen LogP contribution < -0.4 is 10.1 Å². The summed E-state index contributed by atoms with van der Waals surface area (Å²) in [6, 6.07) is 12.2. The Morgan fingerprint density at radius 3 is 2.18 bits per heavy atom. The average molecular weight is 508 g/mol. The first-order valence-electron chi connectivity index (χ1n) is 11.7. The second-order valence-electron chi connectivity index (χ2n) is 9.50. The van der Waals surface area contributed by atoms with E-state index in [9.17, 15) is 9.59 Å². The molecule has 0 saturated heterocycles. The van der Waals surface area contributed by atoms with Crippen molar-refractivity contribution < 1.29 is 14.3 Å². The van der Waals surface area contributed by atoms with Crippen LogP contribution in [0, 0.1) is 0 Å². The topological polar surface area (TPSA) is 58.6 Å². The van der Waals surface area contributed by atoms with Crippen molar-refractivity contribution in [2.24, 2.45) is 0 Å². The van der Waals surface area contributed by atoms with E-state index in [2.05, 4.69) is 26.1 Å². The molecule has 0 aliphatic carbocycles. The van der Waals surface area contributed by atoms with Gasteiger partial charge in [0.1, 0.15) is 11.8 Å². The molecule has 0 aliphatic rings. The van der Waals surface area contributed by atoms with Gasteiger partial charge < -0.3 is 15.0 Å². The fraction of sp³-hybridized carbons (Fsp3) is 0.481. The summed E-state index contributed by atoms with van der Waals surface area (Å²) in [5.74, 6) is 0.130. The summed E-state index contributed by atoms with van der Waals surface area (Å²) in [5.41, 5.74) is 1.46. The van der Waals surface area contributed by atoms with Crippen LogP contribution in [-0.2, 0) is 21.5 Å². The Hall–Kier alpha value is -2.24. The third-order valence-electron chi connectivity index (χ3n) is 5.82. The van der Waals surface area contributed by atoms with Crippen molar-refractivity contribution in [3.63, 3.8) is 0 Å². The van der Waals surface area contributed by atoms with Gasteiger partial charge in [0.2, 0.25) is 5.91 Å². The summed E-state index contributed by atoms with van der Waals surface area (Å²) in [4.78, 5) is 28.1. The molecule has 2 atom stereocenters. The van der Waals surface area contributed by atoms with Crippen LogP contribution in [0.2, 0.25) is 10.0 Å². The highest BCUT2D eigenvalue weighted by molar-refractivity contribution is 6.36. The third kappa shape index (κ3) is 7.38. The van der Waals surface area contributed by atoms with Crippen LogP contribution in [0.3, 0.4) is 0 Å². The first kappa shape index (κ1) is 28.0. The number of carbonyl (C=O) groups excluding carboxylic acids is 2. The Kier molecular flexibility index (Phi) is 10.3. The normalized spacial score (nSPS) is 13.2. The van der Waals surface area contributed by atoms with Crippen LogP contribution in [0.4, 0.5) is 0 Å². The molecule has 0 aliphatic heterocycles. The molecule has 34 heavy (non-hydrogen) atoms. The minimum absolute atomic E-state index is 0.00249. The maximum absolute atomic E-state index is 13.5. The number of hydrogen-bond donors (Lipinski definition) is 1. The fourth-order valence-electron chi connectivity index (χ4n) is 3.65. The molecule has 2 rings (SSSR count). The van der Waals surface area contributed by atoms with Crippen molar-refractivity contribution >= 4 is 35.0 Å². The second kappa shape index (κ2) is 12.5. The zero-order valence-electron chi connectivity index (χ0n) is 21.0. The lowest BCUT2D eigenvalue weighted by molar-refractivity contribution is -0.143. The molecule has 0 aromatic heterocycles. The van der Waals surface area contributed by atoms with Gasteiger partial charge in [-0.25, -0.2) is 0 Å². The van der Waals surface area contributed by atoms with Gasteiger partial charge in [-0.05, 0) is 48.9 Å². The number of hydrogen-bond acceptors (Lipinski definition) is 3. The molecule has 5 nitrogen and oxygen atoms in total. The van der Waals surface area contributed by atoms with Gasteiger partial charge in [-0.2, -0.15) is 0 Å². The molecule has 0 fully saturated rings. The first-order chi connectivity index (χ1) is 16.0. The molecule has 2 aromatic carbocycles. The smallest absolute Gasteiger partial charge is 0.261 e. The lowest BCUT2D eigenvalue weighted by Gasteiger charge is -2.32. The Morgan fingerprint density at radius 2 is 1.62 bits per heavy atom. The van der Waals surface area contributed by atoms with Gasteiger partial charge in [0.05, 0.1) is 0 Å². The van der Waals surface area contributed by atoms with E-state index in [1.807, 2.05) is 45.0 Å². The molecule has 0 spiro atoms. The molecular formula is C27H36Cl2N2O3. The highest BCUT2D eigenvalue weighted by Crippen LogP contribution is 2.31. The summed E-state index contributed by atoms with van der Waals surface area (Å²) in [6.07, 6.45) is 1.23. The van der Waals surface area contributed by atoms with Gasteiger partial charge in [0.25, 0.3) is 5.91 Å². The molecule has 0 saturated carbocycles. The van der Waals surface area contributed by atoms with E-state index in [1.54, 1.807) is 18.2 Å². The van der Waals surface area contributed by atoms with E-state index in [0.717, 1.165) is 12.0 Å². The van der Waals surface area contributed by atoms with E-state index in [4.69, 9.17) is 27.9 Å². The number of para-hydroxylation sites is 1. The summed E-state index contributed by atoms with van der Waals surface area (Å²) < 4.78 is 5.99. The molecule has 2 aromatic rings. The number of amides is 2. The van der Waals surface area contributed by atoms with E-state index in [0.29, 0.717) is 27.8 Å². The number of halogens is 2. The molecule has 0 bridgehead atoms. The van der Waals surface area contributed by atoms with Crippen LogP contribution in [-0.4, -0.2) is 35.4 Å². The third-order valence-corrected chi connectivity index (χ3v) is 6.53. The largest absolute Gasteiger partial charge is 0.483 e. The predicted octanol–water partition coefficient (Wildman–Crippen LogP) is 6.39. The molecular weight excluding hydrogens is 471 g/mol. The van der Waals surface area contributed by atoms with E-state index >= 15 is 0 Å². The number of carbonyl (C=O) groups is 2. The maximum atomic E-state index is 13.5. The maximum Gasteiger partial charge on any atom is 0.261 e. The van der Waals surface area contributed by atoms with Gasteiger partial charge in [0.15, 0.2) is 6.61 Å². The quantitative estimate of drug-likeness (QED) is 0.405. The zero-order valence-corrected chi connectivity index (χ0v) is 22.5. The van der Waals surface area contributed by atoms with Crippen LogP contribution in [0.25, 0.3) is 0 Å². The van der Waals surface area contributed by atoms with Crippen molar-refractivity contribution in [3.05, 3.63) is 63.6 Å². The van der Waals surface area contributed by atoms with Crippen molar-refractivity contribution in [3.8, 4) is 5.75 Å². The SMILES string of the molecule is CCC(C)NC(=O)C(CC)N(Cc1c(Cl)cccc1Cl)C(=O)COc1ccccc1C(C)(C)C. The number of benzene rings is 2. The molecule has 0 radical (unpaired) electrons. The van der Waals surface area contributed by atoms with E-state index < -0.39 is 6.04 Å². The molecule has 7 heteroatoms. The highest BCUT2D eigenvalue weighted by Gasteiger charge is 2.31. The Morgan fingerprint density at radius 1 is 1.00 bits per heavy atom. The van der Waals surface area contributed by atoms with Crippen molar-refractivity contribution in [1.82, 2.24) is 10.2 Å². The summed E-state index contributed by atoms with van der Waals surface area (Å²) in [5, 5.41) is 3.89. The molecule has 1 N–H and O–H groups in total. The Labute approximate surface area is 213 Å². The Balaban J connectivity index is 2.35. The summed E-state index contributed by atoms with van der Waals surface area (Å²) in [7, 11) is 0. The number of nitrogens with one attached hydrogen (secondary N) is 1.